The molecule has 0 saturated carbocycles. The molecule has 2 heterocycles. The second-order valence-electron chi connectivity index (χ2n) is 4.05. The Morgan fingerprint density at radius 3 is 2.75 bits per heavy atom. The van der Waals surface area contributed by atoms with Gasteiger partial charge in [0.1, 0.15) is 12.1 Å². The van der Waals surface area contributed by atoms with E-state index in [-0.39, 0.29) is 5.91 Å². The molecule has 0 fully saturated rings. The lowest BCUT2D eigenvalue weighted by Crippen LogP contribution is -2.24. The van der Waals surface area contributed by atoms with Crippen molar-refractivity contribution < 1.29 is 4.79 Å². The number of hydrogen-bond acceptors (Lipinski definition) is 6. The molecule has 8 heteroatoms. The van der Waals surface area contributed by atoms with E-state index in [1.807, 2.05) is 18.4 Å². The van der Waals surface area contributed by atoms with Crippen LogP contribution in [0.1, 0.15) is 30.2 Å². The van der Waals surface area contributed by atoms with Gasteiger partial charge in [0.05, 0.1) is 6.54 Å². The number of rotatable bonds is 6. The zero-order chi connectivity index (χ0) is 14.4. The van der Waals surface area contributed by atoms with Crippen molar-refractivity contribution in [2.75, 3.05) is 11.9 Å². The molecule has 20 heavy (non-hydrogen) atoms. The van der Waals surface area contributed by atoms with Crippen molar-refractivity contribution in [3.63, 3.8) is 0 Å². The van der Waals surface area contributed by atoms with Crippen LogP contribution in [0.3, 0.4) is 0 Å². The van der Waals surface area contributed by atoms with Gasteiger partial charge in [0.15, 0.2) is 11.5 Å². The highest BCUT2D eigenvalue weighted by Gasteiger charge is 2.07. The van der Waals surface area contributed by atoms with E-state index in [0.29, 0.717) is 24.6 Å². The third kappa shape index (κ3) is 3.28. The van der Waals surface area contributed by atoms with Crippen LogP contribution in [0, 0.1) is 0 Å². The summed E-state index contributed by atoms with van der Waals surface area (Å²) in [5.41, 5.74) is 0.300. The molecular formula is C12H17N7O. The van der Waals surface area contributed by atoms with Gasteiger partial charge in [-0.3, -0.25) is 4.79 Å². The maximum atomic E-state index is 11.5. The van der Waals surface area contributed by atoms with Crippen molar-refractivity contribution in [3.05, 3.63) is 30.0 Å². The van der Waals surface area contributed by atoms with Gasteiger partial charge in [0.2, 0.25) is 0 Å². The van der Waals surface area contributed by atoms with Crippen molar-refractivity contribution in [3.8, 4) is 0 Å². The van der Waals surface area contributed by atoms with Gasteiger partial charge in [0, 0.05) is 13.1 Å². The molecule has 2 aromatic heterocycles. The molecule has 0 spiro atoms. The molecule has 0 bridgehead atoms. The Kier molecular flexibility index (Phi) is 4.59. The highest BCUT2D eigenvalue weighted by atomic mass is 16.1. The van der Waals surface area contributed by atoms with Gasteiger partial charge < -0.3 is 15.2 Å². The fourth-order valence-corrected chi connectivity index (χ4v) is 1.65. The molecule has 2 aromatic rings. The predicted molar refractivity (Wildman–Crippen MR) is 73.1 cm³/mol. The first-order valence-electron chi connectivity index (χ1n) is 6.47. The first kappa shape index (κ1) is 13.9. The SMILES string of the molecule is CCNC(=O)c1ccc(NCc2nncn2CC)nn1. The molecule has 2 N–H and O–H groups in total. The number of carbonyl (C=O) groups is 1. The normalized spacial score (nSPS) is 10.3. The van der Waals surface area contributed by atoms with Crippen molar-refractivity contribution in [1.29, 1.82) is 0 Å². The lowest BCUT2D eigenvalue weighted by Gasteiger charge is -2.06. The average Bonchev–Trinajstić information content (AvgIpc) is 2.93. The van der Waals surface area contributed by atoms with Gasteiger partial charge >= 0.3 is 0 Å². The maximum absolute atomic E-state index is 11.5. The summed E-state index contributed by atoms with van der Waals surface area (Å²) < 4.78 is 1.93. The molecule has 0 saturated heterocycles. The number of aromatic nitrogens is 5. The standard InChI is InChI=1S/C12H17N7O/c1-3-13-12(20)9-5-6-10(17-16-9)14-7-11-18-15-8-19(11)4-2/h5-6,8H,3-4,7H2,1-2H3,(H,13,20)(H,14,17). The van der Waals surface area contributed by atoms with Crippen LogP contribution < -0.4 is 10.6 Å². The monoisotopic (exact) mass is 275 g/mol. The van der Waals surface area contributed by atoms with Crippen molar-refractivity contribution in [1.82, 2.24) is 30.3 Å². The summed E-state index contributed by atoms with van der Waals surface area (Å²) in [6.07, 6.45) is 1.68. The van der Waals surface area contributed by atoms with E-state index in [9.17, 15) is 4.79 Å². The number of aryl methyl sites for hydroxylation is 1. The first-order chi connectivity index (χ1) is 9.74. The summed E-state index contributed by atoms with van der Waals surface area (Å²) >= 11 is 0. The highest BCUT2D eigenvalue weighted by Crippen LogP contribution is 2.04. The third-order valence-electron chi connectivity index (χ3n) is 2.70. The highest BCUT2D eigenvalue weighted by molar-refractivity contribution is 5.92. The quantitative estimate of drug-likeness (QED) is 0.794. The molecule has 2 rings (SSSR count). The van der Waals surface area contributed by atoms with E-state index in [1.165, 1.54) is 0 Å². The lowest BCUT2D eigenvalue weighted by atomic mass is 10.3. The van der Waals surface area contributed by atoms with E-state index in [1.54, 1.807) is 18.5 Å². The smallest absolute Gasteiger partial charge is 0.271 e. The van der Waals surface area contributed by atoms with Crippen LogP contribution in [0.25, 0.3) is 0 Å². The van der Waals surface area contributed by atoms with Gasteiger partial charge in [-0.2, -0.15) is 0 Å². The Hall–Kier alpha value is -2.51. The number of nitrogens with zero attached hydrogens (tertiary/aromatic N) is 5. The number of hydrogen-bond donors (Lipinski definition) is 2. The van der Waals surface area contributed by atoms with Crippen molar-refractivity contribution in [2.24, 2.45) is 0 Å². The largest absolute Gasteiger partial charge is 0.361 e. The fraction of sp³-hybridized carbons (Fsp3) is 0.417. The summed E-state index contributed by atoms with van der Waals surface area (Å²) in [6, 6.07) is 3.34. The molecule has 0 radical (unpaired) electrons. The van der Waals surface area contributed by atoms with E-state index in [2.05, 4.69) is 31.0 Å². The average molecular weight is 275 g/mol. The van der Waals surface area contributed by atoms with E-state index in [0.717, 1.165) is 12.4 Å². The molecule has 0 aliphatic heterocycles. The van der Waals surface area contributed by atoms with E-state index >= 15 is 0 Å². The number of carbonyl (C=O) groups excluding carboxylic acids is 1. The predicted octanol–water partition coefficient (Wildman–Crippen LogP) is 0.450. The molecule has 0 unspecified atom stereocenters. The number of amides is 1. The summed E-state index contributed by atoms with van der Waals surface area (Å²) in [6.45, 7) is 5.75. The molecule has 0 aromatic carbocycles. The van der Waals surface area contributed by atoms with Gasteiger partial charge in [-0.1, -0.05) is 0 Å². The van der Waals surface area contributed by atoms with Crippen LogP contribution >= 0.6 is 0 Å². The molecular weight excluding hydrogens is 258 g/mol. The molecule has 1 amide bonds. The van der Waals surface area contributed by atoms with Crippen LogP contribution in [0.4, 0.5) is 5.82 Å². The van der Waals surface area contributed by atoms with E-state index in [4.69, 9.17) is 0 Å². The minimum atomic E-state index is -0.225. The second kappa shape index (κ2) is 6.60. The van der Waals surface area contributed by atoms with Gasteiger partial charge in [-0.25, -0.2) is 0 Å². The zero-order valence-corrected chi connectivity index (χ0v) is 11.5. The molecule has 0 aliphatic rings. The van der Waals surface area contributed by atoms with Crippen molar-refractivity contribution >= 4 is 11.7 Å². The Morgan fingerprint density at radius 2 is 2.10 bits per heavy atom. The van der Waals surface area contributed by atoms with Gasteiger partial charge in [-0.15, -0.1) is 20.4 Å². The van der Waals surface area contributed by atoms with Crippen LogP contribution in [-0.2, 0) is 13.1 Å². The Labute approximate surface area is 116 Å². The zero-order valence-electron chi connectivity index (χ0n) is 11.5. The summed E-state index contributed by atoms with van der Waals surface area (Å²) in [5.74, 6) is 1.18. The minimum Gasteiger partial charge on any atom is -0.361 e. The van der Waals surface area contributed by atoms with Crippen LogP contribution in [-0.4, -0.2) is 37.4 Å². The Balaban J connectivity index is 1.95. The van der Waals surface area contributed by atoms with Crippen LogP contribution in [0.15, 0.2) is 18.5 Å². The maximum Gasteiger partial charge on any atom is 0.271 e. The second-order valence-corrected chi connectivity index (χ2v) is 4.05. The van der Waals surface area contributed by atoms with Gasteiger partial charge in [-0.05, 0) is 26.0 Å². The number of nitrogens with one attached hydrogen (secondary N) is 2. The topological polar surface area (TPSA) is 97.6 Å². The summed E-state index contributed by atoms with van der Waals surface area (Å²) in [7, 11) is 0. The first-order valence-corrected chi connectivity index (χ1v) is 6.47. The van der Waals surface area contributed by atoms with Crippen LogP contribution in [0.5, 0.6) is 0 Å². The van der Waals surface area contributed by atoms with Gasteiger partial charge in [0.25, 0.3) is 5.91 Å². The minimum absolute atomic E-state index is 0.225. The summed E-state index contributed by atoms with van der Waals surface area (Å²) in [4.78, 5) is 11.5. The molecule has 8 nitrogen and oxygen atoms in total. The van der Waals surface area contributed by atoms with E-state index < -0.39 is 0 Å². The lowest BCUT2D eigenvalue weighted by molar-refractivity contribution is 0.0950. The fourth-order valence-electron chi connectivity index (χ4n) is 1.65. The summed E-state index contributed by atoms with van der Waals surface area (Å²) in [5, 5.41) is 21.4. The Bertz CT molecular complexity index is 563. The molecule has 106 valence electrons. The molecule has 0 atom stereocenters. The van der Waals surface area contributed by atoms with Crippen molar-refractivity contribution in [2.45, 2.75) is 26.9 Å². The number of anilines is 1. The molecule has 0 aliphatic carbocycles. The van der Waals surface area contributed by atoms with Crippen LogP contribution in [0.2, 0.25) is 0 Å². The third-order valence-corrected chi connectivity index (χ3v) is 2.70. The Morgan fingerprint density at radius 1 is 1.25 bits per heavy atom.